The molecule has 16 heteroatoms. The van der Waals surface area contributed by atoms with E-state index >= 15 is 4.39 Å². The molecule has 2 aliphatic rings. The molecule has 0 aliphatic carbocycles. The van der Waals surface area contributed by atoms with Gasteiger partial charge in [-0.25, -0.2) is 13.8 Å². The lowest BCUT2D eigenvalue weighted by molar-refractivity contribution is -0.219. The van der Waals surface area contributed by atoms with Crippen LogP contribution in [0.2, 0.25) is 0 Å². The van der Waals surface area contributed by atoms with Crippen LogP contribution >= 0.6 is 7.82 Å². The van der Waals surface area contributed by atoms with Crippen molar-refractivity contribution < 1.29 is 37.5 Å². The van der Waals surface area contributed by atoms with Crippen molar-refractivity contribution in [2.75, 3.05) is 0 Å². The Balaban J connectivity index is 1.65. The number of aryl methyl sites for hydroxylation is 1. The molecule has 3 heterocycles. The number of aliphatic hydroxyl groups excluding tert-OH is 2. The van der Waals surface area contributed by atoms with Gasteiger partial charge in [-0.15, -0.1) is 0 Å². The zero-order valence-electron chi connectivity index (χ0n) is 17.8. The molecule has 1 saturated heterocycles. The number of nitrogens with zero attached hydrogens (tertiary/aromatic N) is 1. The average Bonchev–Trinajstić information content (AvgIpc) is 2.98. The van der Waals surface area contributed by atoms with Crippen molar-refractivity contribution in [3.8, 4) is 5.75 Å². The highest BCUT2D eigenvalue weighted by molar-refractivity contribution is 7.49. The number of hydrogen-bond acceptors (Lipinski definition) is 9. The predicted octanol–water partition coefficient (Wildman–Crippen LogP) is -0.712. The van der Waals surface area contributed by atoms with Crippen LogP contribution in [-0.4, -0.2) is 60.7 Å². The SMILES string of the molecule is [B]C([B])(OP1(=O)OCc2cccc(C)c2O1)[C@]1(F)C[C@@H](O)[C@]([B])(n2cc(CO)c(=O)[nH]c2=O)O1. The molecule has 1 fully saturated rings. The van der Waals surface area contributed by atoms with E-state index < -0.39 is 55.1 Å². The third-order valence-corrected chi connectivity index (χ3v) is 6.92. The maximum Gasteiger partial charge on any atom is 0.529 e. The molecule has 4 rings (SSSR count). The molecule has 11 nitrogen and oxygen atoms in total. The summed E-state index contributed by atoms with van der Waals surface area (Å²) in [6.07, 6.45) is -2.24. The number of alkyl halides is 1. The maximum absolute atomic E-state index is 15.9. The Kier molecular flexibility index (Phi) is 6.03. The molecule has 6 radical (unpaired) electrons. The molecule has 0 bridgehead atoms. The minimum absolute atomic E-state index is 0.178. The van der Waals surface area contributed by atoms with Crippen LogP contribution in [0.5, 0.6) is 5.75 Å². The molecule has 2 aromatic rings. The normalized spacial score (nSPS) is 31.1. The zero-order valence-corrected chi connectivity index (χ0v) is 18.7. The maximum atomic E-state index is 15.9. The lowest BCUT2D eigenvalue weighted by Gasteiger charge is -2.41. The number of phosphoric acid groups is 1. The summed E-state index contributed by atoms with van der Waals surface area (Å²) in [5.74, 6) is -3.16. The topological polar surface area (TPSA) is 149 Å². The smallest absolute Gasteiger partial charge is 0.403 e. The molecule has 0 spiro atoms. The highest BCUT2D eigenvalue weighted by atomic mass is 31.2. The number of aromatic amines is 1. The summed E-state index contributed by atoms with van der Waals surface area (Å²) in [6, 6.07) is 5.05. The number of halogens is 1. The van der Waals surface area contributed by atoms with E-state index in [1.54, 1.807) is 25.1 Å². The molecule has 4 atom stereocenters. The van der Waals surface area contributed by atoms with Gasteiger partial charge in [0.05, 0.1) is 30.3 Å². The van der Waals surface area contributed by atoms with Crippen molar-refractivity contribution in [1.82, 2.24) is 9.55 Å². The predicted molar refractivity (Wildman–Crippen MR) is 116 cm³/mol. The fourth-order valence-electron chi connectivity index (χ4n) is 3.64. The van der Waals surface area contributed by atoms with E-state index in [4.69, 9.17) is 41.8 Å². The summed E-state index contributed by atoms with van der Waals surface area (Å²) in [6.45, 7) is 0.651. The number of H-pyrrole nitrogens is 1. The third kappa shape index (κ3) is 4.00. The van der Waals surface area contributed by atoms with Crippen molar-refractivity contribution in [2.24, 2.45) is 0 Å². The summed E-state index contributed by atoms with van der Waals surface area (Å²) in [5.41, 5.74) is -3.96. The number of benzene rings is 1. The highest BCUT2D eigenvalue weighted by Gasteiger charge is 2.63. The Bertz CT molecular complexity index is 1300. The van der Waals surface area contributed by atoms with E-state index in [9.17, 15) is 24.4 Å². The molecule has 3 N–H and O–H groups in total. The summed E-state index contributed by atoms with van der Waals surface area (Å²) in [7, 11) is 12.9. The van der Waals surface area contributed by atoms with Crippen LogP contribution in [0.4, 0.5) is 4.39 Å². The minimum Gasteiger partial charge on any atom is -0.403 e. The number of aliphatic hydroxyl groups is 2. The molecule has 1 aromatic heterocycles. The Morgan fingerprint density at radius 1 is 1.41 bits per heavy atom. The van der Waals surface area contributed by atoms with Gasteiger partial charge in [0, 0.05) is 18.2 Å². The number of para-hydroxylation sites is 1. The third-order valence-electron chi connectivity index (χ3n) is 5.54. The van der Waals surface area contributed by atoms with Gasteiger partial charge in [0.25, 0.3) is 5.56 Å². The van der Waals surface area contributed by atoms with Gasteiger partial charge in [-0.3, -0.25) is 23.4 Å². The standard InChI is InChI=1S/C18H17B3FN2O9P/c1-9-3-2-4-10-8-30-34(29,31-13(9)10)33-18(20,21)16(22)5-12(26)17(19,32-16)24-6-11(7-25)14(27)23-15(24)28/h2-4,6,12,25-26H,5,7-8H2,1H3,(H,23,27,28)/t12-,16+,17+,34?/m1/s1. The van der Waals surface area contributed by atoms with E-state index in [1.165, 1.54) is 0 Å². The molecule has 174 valence electrons. The number of fused-ring (bicyclic) bond motifs is 1. The quantitative estimate of drug-likeness (QED) is 0.367. The van der Waals surface area contributed by atoms with E-state index in [0.29, 0.717) is 15.7 Å². The second-order valence-corrected chi connectivity index (χ2v) is 9.52. The lowest BCUT2D eigenvalue weighted by atomic mass is 9.60. The number of phosphoric ester groups is 1. The van der Waals surface area contributed by atoms with Gasteiger partial charge in [0.15, 0.2) is 0 Å². The molecule has 0 amide bonds. The first-order chi connectivity index (χ1) is 15.7. The van der Waals surface area contributed by atoms with E-state index in [0.717, 1.165) is 6.20 Å². The van der Waals surface area contributed by atoms with Gasteiger partial charge in [-0.05, 0) is 12.5 Å². The Morgan fingerprint density at radius 3 is 2.79 bits per heavy atom. The van der Waals surface area contributed by atoms with Crippen molar-refractivity contribution in [3.63, 3.8) is 0 Å². The van der Waals surface area contributed by atoms with Gasteiger partial charge >= 0.3 is 13.5 Å². The van der Waals surface area contributed by atoms with Crippen LogP contribution in [-0.2, 0) is 37.2 Å². The summed E-state index contributed by atoms with van der Waals surface area (Å²) < 4.78 is 50.1. The van der Waals surface area contributed by atoms with Gasteiger partial charge < -0.3 is 19.5 Å². The monoisotopic (exact) mass is 488 g/mol. The summed E-state index contributed by atoms with van der Waals surface area (Å²) >= 11 is 0. The fraction of sp³-hybridized carbons (Fsp3) is 0.444. The molecule has 34 heavy (non-hydrogen) atoms. The van der Waals surface area contributed by atoms with Gasteiger partial charge in [-0.1, -0.05) is 18.2 Å². The molecule has 0 saturated carbocycles. The van der Waals surface area contributed by atoms with Crippen LogP contribution in [0.15, 0.2) is 34.0 Å². The number of hydrogen-bond donors (Lipinski definition) is 3. The van der Waals surface area contributed by atoms with Gasteiger partial charge in [0.2, 0.25) is 5.85 Å². The number of nitrogens with one attached hydrogen (secondary N) is 1. The van der Waals surface area contributed by atoms with Gasteiger partial charge in [-0.2, -0.15) is 0 Å². The molecular formula is C18H17B3FN2O9P. The number of aromatic nitrogens is 2. The lowest BCUT2D eigenvalue weighted by Crippen LogP contribution is -2.56. The van der Waals surface area contributed by atoms with Gasteiger partial charge in [0.1, 0.15) is 34.9 Å². The van der Waals surface area contributed by atoms with Crippen LogP contribution in [0, 0.1) is 6.92 Å². The van der Waals surface area contributed by atoms with Crippen LogP contribution in [0.3, 0.4) is 0 Å². The first kappa shape index (κ1) is 25.0. The van der Waals surface area contributed by atoms with Crippen molar-refractivity contribution in [3.05, 3.63) is 61.9 Å². The molecule has 1 aromatic carbocycles. The Labute approximate surface area is 196 Å². The first-order valence-corrected chi connectivity index (χ1v) is 11.3. The fourth-order valence-corrected chi connectivity index (χ4v) is 5.07. The number of rotatable bonds is 5. The number of ether oxygens (including phenoxy) is 1. The van der Waals surface area contributed by atoms with Crippen molar-refractivity contribution in [2.45, 2.75) is 49.5 Å². The first-order valence-electron chi connectivity index (χ1n) is 9.87. The van der Waals surface area contributed by atoms with Crippen molar-refractivity contribution in [1.29, 1.82) is 0 Å². The zero-order chi connectivity index (χ0) is 25.1. The molecule has 1 unspecified atom stereocenters. The summed E-state index contributed by atoms with van der Waals surface area (Å²) in [5, 5.41) is 16.7. The second-order valence-electron chi connectivity index (χ2n) is 8.00. The molecular weight excluding hydrogens is 471 g/mol. The van der Waals surface area contributed by atoms with Crippen LogP contribution < -0.4 is 15.8 Å². The van der Waals surface area contributed by atoms with Crippen molar-refractivity contribution >= 4 is 31.4 Å². The van der Waals surface area contributed by atoms with Crippen LogP contribution in [0.1, 0.15) is 23.1 Å². The van der Waals surface area contributed by atoms with Crippen LogP contribution in [0.25, 0.3) is 0 Å². The summed E-state index contributed by atoms with van der Waals surface area (Å²) in [4.78, 5) is 25.8. The van der Waals surface area contributed by atoms with E-state index in [2.05, 4.69) is 0 Å². The van der Waals surface area contributed by atoms with E-state index in [-0.39, 0.29) is 17.9 Å². The minimum atomic E-state index is -4.59. The highest BCUT2D eigenvalue weighted by Crippen LogP contribution is 2.59. The second kappa shape index (κ2) is 8.22. The largest absolute Gasteiger partial charge is 0.529 e. The Morgan fingerprint density at radius 2 is 2.12 bits per heavy atom. The average molecular weight is 488 g/mol. The van der Waals surface area contributed by atoms with E-state index in [1.807, 2.05) is 4.98 Å². The Hall–Kier alpha value is -2.15. The molecule has 2 aliphatic heterocycles.